The Balaban J connectivity index is 0.000000580. The van der Waals surface area contributed by atoms with Crippen molar-refractivity contribution in [1.29, 1.82) is 0 Å². The summed E-state index contributed by atoms with van der Waals surface area (Å²) in [5.41, 5.74) is 7.72. The summed E-state index contributed by atoms with van der Waals surface area (Å²) in [5, 5.41) is 10.7. The van der Waals surface area contributed by atoms with Crippen LogP contribution in [0, 0.1) is 13.8 Å². The van der Waals surface area contributed by atoms with E-state index in [4.69, 9.17) is 0 Å². The van der Waals surface area contributed by atoms with Crippen molar-refractivity contribution in [1.82, 2.24) is 0 Å². The van der Waals surface area contributed by atoms with Gasteiger partial charge >= 0.3 is 0 Å². The first kappa shape index (κ1) is 28.8. The summed E-state index contributed by atoms with van der Waals surface area (Å²) in [7, 11) is 0. The van der Waals surface area contributed by atoms with E-state index in [0.717, 1.165) is 0 Å². The third-order valence-electron chi connectivity index (χ3n) is 7.39. The standard InChI is InChI=1S/C34H24.3C2H6/c1-21-9-13-23(14-10-21)25-17-19-31-30-8-4-6-28-26(24-15-11-22(2)12-16-24)18-20-32(34(28)30)29-7-3-5-27(25)33(29)31;3*1-2/h3-20H,1-2H3;3*1-2H3. The molecule has 0 heteroatoms. The van der Waals surface area contributed by atoms with Crippen molar-refractivity contribution in [3.05, 3.63) is 120 Å². The lowest BCUT2D eigenvalue weighted by Crippen LogP contribution is -1.90. The SMILES string of the molecule is CC.CC.CC.Cc1ccc(-c2ccc3c4cccc5c(-c6ccc(C)cc6)ccc(c6cccc2c63)c54)cc1. The summed E-state index contributed by atoms with van der Waals surface area (Å²) in [6.45, 7) is 16.3. The summed E-state index contributed by atoms with van der Waals surface area (Å²) >= 11 is 0. The molecular formula is C40H42. The maximum absolute atomic E-state index is 2.33. The number of hydrogen-bond acceptors (Lipinski definition) is 0. The lowest BCUT2D eigenvalue weighted by molar-refractivity contribution is 1.47. The molecule has 0 saturated carbocycles. The van der Waals surface area contributed by atoms with E-state index < -0.39 is 0 Å². The maximum Gasteiger partial charge on any atom is -0.00201 e. The van der Waals surface area contributed by atoms with Crippen LogP contribution in [0.15, 0.2) is 109 Å². The number of benzene rings is 7. The van der Waals surface area contributed by atoms with Gasteiger partial charge in [0.1, 0.15) is 0 Å². The number of rotatable bonds is 2. The Hall–Kier alpha value is -4.16. The van der Waals surface area contributed by atoms with E-state index in [1.807, 2.05) is 41.5 Å². The number of hydrogen-bond donors (Lipinski definition) is 0. The predicted octanol–water partition coefficient (Wildman–Crippen LogP) is 12.8. The van der Waals surface area contributed by atoms with Crippen LogP contribution in [0.3, 0.4) is 0 Å². The van der Waals surface area contributed by atoms with Gasteiger partial charge in [0.2, 0.25) is 0 Å². The third-order valence-corrected chi connectivity index (χ3v) is 7.39. The Morgan fingerprint density at radius 2 is 0.600 bits per heavy atom. The quantitative estimate of drug-likeness (QED) is 0.156. The molecule has 7 aromatic rings. The fraction of sp³-hybridized carbons (Fsp3) is 0.200. The minimum Gasteiger partial charge on any atom is -0.0683 e. The molecule has 0 spiro atoms. The highest BCUT2D eigenvalue weighted by Crippen LogP contribution is 2.44. The van der Waals surface area contributed by atoms with E-state index in [0.29, 0.717) is 0 Å². The van der Waals surface area contributed by atoms with Crippen LogP contribution in [0.4, 0.5) is 0 Å². The van der Waals surface area contributed by atoms with Gasteiger partial charge in [-0.05, 0) is 79.2 Å². The van der Waals surface area contributed by atoms with Gasteiger partial charge in [-0.2, -0.15) is 0 Å². The van der Waals surface area contributed by atoms with Gasteiger partial charge in [-0.15, -0.1) is 0 Å². The molecule has 0 N–H and O–H groups in total. The van der Waals surface area contributed by atoms with Crippen LogP contribution < -0.4 is 0 Å². The van der Waals surface area contributed by atoms with Gasteiger partial charge in [0.15, 0.2) is 0 Å². The summed E-state index contributed by atoms with van der Waals surface area (Å²) in [6, 6.07) is 40.6. The molecular weight excluding hydrogens is 480 g/mol. The van der Waals surface area contributed by atoms with E-state index in [9.17, 15) is 0 Å². The molecule has 0 aliphatic heterocycles. The Bertz CT molecular complexity index is 1680. The summed E-state index contributed by atoms with van der Waals surface area (Å²) < 4.78 is 0. The molecule has 202 valence electrons. The summed E-state index contributed by atoms with van der Waals surface area (Å²) in [6.07, 6.45) is 0. The lowest BCUT2D eigenvalue weighted by Gasteiger charge is -2.18. The average Bonchev–Trinajstić information content (AvgIpc) is 3.03. The Morgan fingerprint density at radius 1 is 0.300 bits per heavy atom. The van der Waals surface area contributed by atoms with Crippen LogP contribution in [0.5, 0.6) is 0 Å². The normalized spacial score (nSPS) is 10.5. The monoisotopic (exact) mass is 522 g/mol. The van der Waals surface area contributed by atoms with Crippen molar-refractivity contribution >= 4 is 43.1 Å². The van der Waals surface area contributed by atoms with Crippen LogP contribution in [-0.2, 0) is 0 Å². The van der Waals surface area contributed by atoms with Gasteiger partial charge in [-0.1, -0.05) is 162 Å². The van der Waals surface area contributed by atoms with E-state index in [-0.39, 0.29) is 0 Å². The molecule has 40 heavy (non-hydrogen) atoms. The van der Waals surface area contributed by atoms with Crippen molar-refractivity contribution in [3.8, 4) is 22.3 Å². The number of aryl methyl sites for hydroxylation is 2. The van der Waals surface area contributed by atoms with Gasteiger partial charge in [-0.25, -0.2) is 0 Å². The first-order valence-corrected chi connectivity index (χ1v) is 15.0. The summed E-state index contributed by atoms with van der Waals surface area (Å²) in [5.74, 6) is 0. The molecule has 7 rings (SSSR count). The molecule has 0 amide bonds. The molecule has 0 atom stereocenters. The summed E-state index contributed by atoms with van der Waals surface area (Å²) in [4.78, 5) is 0. The molecule has 0 aliphatic carbocycles. The zero-order valence-corrected chi connectivity index (χ0v) is 25.4. The van der Waals surface area contributed by atoms with Crippen molar-refractivity contribution < 1.29 is 0 Å². The minimum atomic E-state index is 1.27. The highest BCUT2D eigenvalue weighted by atomic mass is 14.2. The van der Waals surface area contributed by atoms with Crippen LogP contribution >= 0.6 is 0 Å². The molecule has 0 unspecified atom stereocenters. The minimum absolute atomic E-state index is 1.27. The zero-order chi connectivity index (χ0) is 28.8. The van der Waals surface area contributed by atoms with Gasteiger partial charge in [0, 0.05) is 0 Å². The molecule has 7 aromatic carbocycles. The van der Waals surface area contributed by atoms with Crippen molar-refractivity contribution in [2.24, 2.45) is 0 Å². The Morgan fingerprint density at radius 3 is 0.950 bits per heavy atom. The van der Waals surface area contributed by atoms with Crippen LogP contribution in [0.1, 0.15) is 52.7 Å². The van der Waals surface area contributed by atoms with Crippen molar-refractivity contribution in [2.45, 2.75) is 55.4 Å². The van der Waals surface area contributed by atoms with E-state index in [1.54, 1.807) is 0 Å². The van der Waals surface area contributed by atoms with Crippen LogP contribution in [0.2, 0.25) is 0 Å². The smallest absolute Gasteiger partial charge is 0.00201 e. The Kier molecular flexibility index (Phi) is 9.22. The molecule has 0 aromatic heterocycles. The fourth-order valence-corrected chi connectivity index (χ4v) is 5.68. The fourth-order valence-electron chi connectivity index (χ4n) is 5.68. The van der Waals surface area contributed by atoms with Gasteiger partial charge in [-0.3, -0.25) is 0 Å². The molecule has 0 radical (unpaired) electrons. The zero-order valence-electron chi connectivity index (χ0n) is 25.4. The van der Waals surface area contributed by atoms with E-state index >= 15 is 0 Å². The first-order valence-electron chi connectivity index (χ1n) is 15.0. The number of fused-ring (bicyclic) bond motifs is 2. The molecule has 0 nitrogen and oxygen atoms in total. The van der Waals surface area contributed by atoms with Crippen LogP contribution in [0.25, 0.3) is 65.3 Å². The van der Waals surface area contributed by atoms with Crippen molar-refractivity contribution in [3.63, 3.8) is 0 Å². The molecule has 0 saturated heterocycles. The average molecular weight is 523 g/mol. The highest BCUT2D eigenvalue weighted by molar-refractivity contribution is 6.35. The maximum atomic E-state index is 2.33. The molecule has 0 fully saturated rings. The van der Waals surface area contributed by atoms with Gasteiger partial charge < -0.3 is 0 Å². The second kappa shape index (κ2) is 12.8. The predicted molar refractivity (Wildman–Crippen MR) is 182 cm³/mol. The highest BCUT2D eigenvalue weighted by Gasteiger charge is 2.16. The van der Waals surface area contributed by atoms with Gasteiger partial charge in [0.05, 0.1) is 0 Å². The van der Waals surface area contributed by atoms with Crippen LogP contribution in [-0.4, -0.2) is 0 Å². The second-order valence-corrected chi connectivity index (χ2v) is 9.51. The topological polar surface area (TPSA) is 0 Å². The third kappa shape index (κ3) is 4.95. The molecule has 0 aliphatic rings. The largest absolute Gasteiger partial charge is 0.0683 e. The molecule has 0 bridgehead atoms. The first-order chi connectivity index (χ1) is 19.7. The van der Waals surface area contributed by atoms with Gasteiger partial charge in [0.25, 0.3) is 0 Å². The lowest BCUT2D eigenvalue weighted by atomic mass is 9.85. The molecule has 0 heterocycles. The van der Waals surface area contributed by atoms with E-state index in [2.05, 4.69) is 123 Å². The second-order valence-electron chi connectivity index (χ2n) is 9.51. The Labute approximate surface area is 240 Å². The van der Waals surface area contributed by atoms with Crippen molar-refractivity contribution in [2.75, 3.05) is 0 Å². The van der Waals surface area contributed by atoms with E-state index in [1.165, 1.54) is 76.5 Å².